The van der Waals surface area contributed by atoms with Gasteiger partial charge in [-0.25, -0.2) is 0 Å². The number of anilines is 1. The topological polar surface area (TPSA) is 37.0 Å². The van der Waals surface area contributed by atoms with Crippen LogP contribution in [0.5, 0.6) is 0 Å². The highest BCUT2D eigenvalue weighted by molar-refractivity contribution is 5.82. The lowest BCUT2D eigenvalue weighted by molar-refractivity contribution is 1.01. The smallest absolute Gasteiger partial charge is 0.0703 e. The van der Waals surface area contributed by atoms with Crippen molar-refractivity contribution in [3.05, 3.63) is 60.6 Å². The van der Waals surface area contributed by atoms with Crippen LogP contribution in [0.25, 0.3) is 10.9 Å². The molecule has 1 aliphatic rings. The second kappa shape index (κ2) is 4.29. The molecule has 0 spiro atoms. The predicted octanol–water partition coefficient (Wildman–Crippen LogP) is 2.65. The Kier molecular flexibility index (Phi) is 2.50. The third kappa shape index (κ3) is 2.13. The monoisotopic (exact) mass is 223 g/mol. The summed E-state index contributed by atoms with van der Waals surface area (Å²) in [5.41, 5.74) is 3.35. The van der Waals surface area contributed by atoms with Gasteiger partial charge in [-0.1, -0.05) is 6.07 Å². The fourth-order valence-corrected chi connectivity index (χ4v) is 1.84. The van der Waals surface area contributed by atoms with E-state index in [1.807, 2.05) is 36.8 Å². The largest absolute Gasteiger partial charge is 0.387 e. The maximum Gasteiger partial charge on any atom is 0.0703 e. The van der Waals surface area contributed by atoms with Crippen molar-refractivity contribution in [1.29, 1.82) is 0 Å². The Morgan fingerprint density at radius 3 is 3.18 bits per heavy atom. The number of fused-ring (bicyclic) bond motifs is 1. The molecule has 0 unspecified atom stereocenters. The summed E-state index contributed by atoms with van der Waals surface area (Å²) in [5, 5.41) is 7.59. The van der Waals surface area contributed by atoms with Gasteiger partial charge in [-0.3, -0.25) is 4.98 Å². The summed E-state index contributed by atoms with van der Waals surface area (Å²) in [7, 11) is 0. The Morgan fingerprint density at radius 2 is 2.29 bits per heavy atom. The van der Waals surface area contributed by atoms with Gasteiger partial charge in [-0.15, -0.1) is 0 Å². The van der Waals surface area contributed by atoms with Crippen molar-refractivity contribution in [1.82, 2.24) is 10.3 Å². The first-order valence-corrected chi connectivity index (χ1v) is 5.62. The van der Waals surface area contributed by atoms with Gasteiger partial charge >= 0.3 is 0 Å². The summed E-state index contributed by atoms with van der Waals surface area (Å²) < 4.78 is 0. The quantitative estimate of drug-likeness (QED) is 0.821. The lowest BCUT2D eigenvalue weighted by Gasteiger charge is -2.03. The number of hydrogen-bond donors (Lipinski definition) is 2. The zero-order valence-corrected chi connectivity index (χ0v) is 9.35. The first-order chi connectivity index (χ1) is 8.42. The number of aromatic nitrogens is 1. The van der Waals surface area contributed by atoms with E-state index in [-0.39, 0.29) is 0 Å². The Bertz CT molecular complexity index is 599. The summed E-state index contributed by atoms with van der Waals surface area (Å²) in [6.45, 7) is 0.891. The number of hydrogen-bond acceptors (Lipinski definition) is 3. The van der Waals surface area contributed by atoms with Crippen LogP contribution in [-0.4, -0.2) is 11.5 Å². The van der Waals surface area contributed by atoms with Crippen LogP contribution in [0.4, 0.5) is 5.69 Å². The molecular weight excluding hydrogens is 210 g/mol. The molecule has 2 aromatic rings. The highest BCUT2D eigenvalue weighted by Crippen LogP contribution is 2.17. The van der Waals surface area contributed by atoms with Gasteiger partial charge in [0.15, 0.2) is 0 Å². The number of rotatable bonds is 2. The van der Waals surface area contributed by atoms with E-state index in [1.165, 1.54) is 5.57 Å². The summed E-state index contributed by atoms with van der Waals surface area (Å²) in [5.74, 6) is 0. The van der Waals surface area contributed by atoms with E-state index >= 15 is 0 Å². The molecule has 1 aromatic carbocycles. The van der Waals surface area contributed by atoms with Gasteiger partial charge in [-0.05, 0) is 42.1 Å². The molecule has 3 heteroatoms. The van der Waals surface area contributed by atoms with Crippen LogP contribution < -0.4 is 10.6 Å². The Labute approximate surface area is 99.9 Å². The normalized spacial score (nSPS) is 16.4. The van der Waals surface area contributed by atoms with Crippen LogP contribution in [0.1, 0.15) is 0 Å². The maximum atomic E-state index is 4.30. The van der Waals surface area contributed by atoms with Gasteiger partial charge in [0, 0.05) is 30.0 Å². The van der Waals surface area contributed by atoms with Gasteiger partial charge in [0.2, 0.25) is 0 Å². The summed E-state index contributed by atoms with van der Waals surface area (Å²) in [6.07, 6.45) is 7.86. The first-order valence-electron chi connectivity index (χ1n) is 5.62. The lowest BCUT2D eigenvalue weighted by atomic mass is 10.2. The van der Waals surface area contributed by atoms with E-state index in [0.29, 0.717) is 0 Å². The second-order valence-electron chi connectivity index (χ2n) is 3.99. The molecule has 0 bridgehead atoms. The van der Waals surface area contributed by atoms with E-state index in [2.05, 4.69) is 33.8 Å². The van der Waals surface area contributed by atoms with E-state index < -0.39 is 0 Å². The standard InChI is InChI=1S/C14H13N3/c1-2-12-8-13(3-4-14(12)16-6-1)17-10-11-5-7-15-9-11/h1-8,10,15,17H,9H2. The van der Waals surface area contributed by atoms with Crippen molar-refractivity contribution in [3.8, 4) is 0 Å². The first kappa shape index (κ1) is 9.90. The number of benzene rings is 1. The molecule has 0 saturated carbocycles. The van der Waals surface area contributed by atoms with Crippen LogP contribution >= 0.6 is 0 Å². The average molecular weight is 223 g/mol. The number of pyridine rings is 1. The third-order valence-electron chi connectivity index (χ3n) is 2.75. The second-order valence-corrected chi connectivity index (χ2v) is 3.99. The zero-order chi connectivity index (χ0) is 11.5. The molecule has 1 aromatic heterocycles. The molecule has 0 atom stereocenters. The average Bonchev–Trinajstić information content (AvgIpc) is 2.89. The van der Waals surface area contributed by atoms with Crippen LogP contribution in [0.3, 0.4) is 0 Å². The van der Waals surface area contributed by atoms with Crippen molar-refractivity contribution in [2.24, 2.45) is 0 Å². The van der Waals surface area contributed by atoms with Crippen molar-refractivity contribution in [2.75, 3.05) is 11.9 Å². The van der Waals surface area contributed by atoms with Gasteiger partial charge in [0.1, 0.15) is 0 Å². The highest BCUT2D eigenvalue weighted by atomic mass is 14.9. The van der Waals surface area contributed by atoms with Gasteiger partial charge in [-0.2, -0.15) is 0 Å². The summed E-state index contributed by atoms with van der Waals surface area (Å²) >= 11 is 0. The van der Waals surface area contributed by atoms with E-state index in [4.69, 9.17) is 0 Å². The SMILES string of the molecule is C1=CC(=CNc2ccc3ncccc3c2)CN1. The Hall–Kier alpha value is -2.29. The maximum absolute atomic E-state index is 4.30. The molecule has 17 heavy (non-hydrogen) atoms. The molecule has 2 heterocycles. The van der Waals surface area contributed by atoms with E-state index in [0.717, 1.165) is 23.1 Å². The van der Waals surface area contributed by atoms with Gasteiger partial charge in [0.25, 0.3) is 0 Å². The minimum Gasteiger partial charge on any atom is -0.387 e. The number of nitrogens with zero attached hydrogens (tertiary/aromatic N) is 1. The fourth-order valence-electron chi connectivity index (χ4n) is 1.84. The van der Waals surface area contributed by atoms with Crippen LogP contribution in [0.2, 0.25) is 0 Å². The molecule has 0 saturated heterocycles. The van der Waals surface area contributed by atoms with E-state index in [1.54, 1.807) is 0 Å². The van der Waals surface area contributed by atoms with Crippen molar-refractivity contribution in [3.63, 3.8) is 0 Å². The molecule has 3 rings (SSSR count). The van der Waals surface area contributed by atoms with Crippen molar-refractivity contribution < 1.29 is 0 Å². The molecule has 0 radical (unpaired) electrons. The molecule has 0 fully saturated rings. The Morgan fingerprint density at radius 1 is 1.29 bits per heavy atom. The van der Waals surface area contributed by atoms with Gasteiger partial charge < -0.3 is 10.6 Å². The van der Waals surface area contributed by atoms with Crippen LogP contribution in [-0.2, 0) is 0 Å². The molecule has 3 nitrogen and oxygen atoms in total. The Balaban J connectivity index is 1.85. The summed E-state index contributed by atoms with van der Waals surface area (Å²) in [6, 6.07) is 10.2. The fraction of sp³-hybridized carbons (Fsp3) is 0.0714. The van der Waals surface area contributed by atoms with E-state index in [9.17, 15) is 0 Å². The highest BCUT2D eigenvalue weighted by Gasteiger charge is 1.98. The number of nitrogens with one attached hydrogen (secondary N) is 2. The minimum absolute atomic E-state index is 0.891. The minimum atomic E-state index is 0.891. The molecule has 2 N–H and O–H groups in total. The van der Waals surface area contributed by atoms with Crippen molar-refractivity contribution in [2.45, 2.75) is 0 Å². The zero-order valence-electron chi connectivity index (χ0n) is 9.35. The molecule has 0 amide bonds. The molecule has 1 aliphatic heterocycles. The molecular formula is C14H13N3. The van der Waals surface area contributed by atoms with Crippen LogP contribution in [0.15, 0.2) is 60.6 Å². The van der Waals surface area contributed by atoms with Crippen molar-refractivity contribution >= 4 is 16.6 Å². The predicted molar refractivity (Wildman–Crippen MR) is 70.6 cm³/mol. The molecule has 0 aliphatic carbocycles. The van der Waals surface area contributed by atoms with Crippen LogP contribution in [0, 0.1) is 0 Å². The molecule has 84 valence electrons. The summed E-state index contributed by atoms with van der Waals surface area (Å²) in [4.78, 5) is 4.30. The lowest BCUT2D eigenvalue weighted by Crippen LogP contribution is -2.01. The third-order valence-corrected chi connectivity index (χ3v) is 2.75. The van der Waals surface area contributed by atoms with Gasteiger partial charge in [0.05, 0.1) is 5.52 Å².